The molecule has 1 amide bonds. The molecule has 0 bridgehead atoms. The van der Waals surface area contributed by atoms with Gasteiger partial charge in [0.1, 0.15) is 6.07 Å². The Hall–Kier alpha value is -2.99. The van der Waals surface area contributed by atoms with Crippen molar-refractivity contribution < 1.29 is 9.21 Å². The van der Waals surface area contributed by atoms with E-state index in [0.717, 1.165) is 22.7 Å². The fraction of sp³-hybridized carbons (Fsp3) is 0.400. The number of piperazine rings is 1. The predicted molar refractivity (Wildman–Crippen MR) is 111 cm³/mol. The number of carbonyl (C=O) groups is 1. The first-order valence-electron chi connectivity index (χ1n) is 9.59. The fourth-order valence-corrected chi connectivity index (χ4v) is 4.53. The van der Waals surface area contributed by atoms with E-state index in [0.29, 0.717) is 49.4 Å². The van der Waals surface area contributed by atoms with Crippen LogP contribution in [0.3, 0.4) is 0 Å². The van der Waals surface area contributed by atoms with Crippen LogP contribution in [0.25, 0.3) is 11.0 Å². The fourth-order valence-electron chi connectivity index (χ4n) is 3.55. The molecule has 0 radical (unpaired) electrons. The Morgan fingerprint density at radius 3 is 2.72 bits per heavy atom. The van der Waals surface area contributed by atoms with Gasteiger partial charge in [-0.3, -0.25) is 4.79 Å². The third-order valence-electron chi connectivity index (χ3n) is 5.00. The molecular weight excluding hydrogens is 388 g/mol. The lowest BCUT2D eigenvalue weighted by molar-refractivity contribution is -0.128. The van der Waals surface area contributed by atoms with Crippen LogP contribution in [-0.2, 0) is 11.3 Å². The van der Waals surface area contributed by atoms with Crippen LogP contribution in [0, 0.1) is 18.3 Å². The van der Waals surface area contributed by atoms with Gasteiger partial charge in [0.05, 0.1) is 16.8 Å². The minimum atomic E-state index is 0.0959. The molecule has 150 valence electrons. The Bertz CT molecular complexity index is 1070. The predicted octanol–water partition coefficient (Wildman–Crippen LogP) is 2.67. The maximum Gasteiger partial charge on any atom is 0.234 e. The number of hydrogen-bond donors (Lipinski definition) is 0. The number of imidazole rings is 1. The first kappa shape index (κ1) is 19.3. The molecule has 2 aromatic heterocycles. The van der Waals surface area contributed by atoms with Gasteiger partial charge in [0.25, 0.3) is 0 Å². The minimum absolute atomic E-state index is 0.0959. The Morgan fingerprint density at radius 2 is 2.00 bits per heavy atom. The van der Waals surface area contributed by atoms with Crippen LogP contribution in [0.4, 0.5) is 5.88 Å². The number of fused-ring (bicyclic) bond motifs is 1. The summed E-state index contributed by atoms with van der Waals surface area (Å²) in [6, 6.07) is 10.1. The van der Waals surface area contributed by atoms with E-state index in [1.165, 1.54) is 11.8 Å². The number of aromatic nitrogens is 3. The van der Waals surface area contributed by atoms with E-state index in [9.17, 15) is 10.1 Å². The molecule has 0 N–H and O–H groups in total. The second-order valence-electron chi connectivity index (χ2n) is 6.78. The Labute approximate surface area is 173 Å². The maximum absolute atomic E-state index is 12.7. The van der Waals surface area contributed by atoms with Gasteiger partial charge in [-0.2, -0.15) is 5.26 Å². The summed E-state index contributed by atoms with van der Waals surface area (Å²) in [4.78, 5) is 25.3. The third kappa shape index (κ3) is 3.80. The monoisotopic (exact) mass is 410 g/mol. The summed E-state index contributed by atoms with van der Waals surface area (Å²) >= 11 is 1.48. The van der Waals surface area contributed by atoms with E-state index in [1.807, 2.05) is 28.0 Å². The summed E-state index contributed by atoms with van der Waals surface area (Å²) in [5.74, 6) is 1.43. The van der Waals surface area contributed by atoms with E-state index in [-0.39, 0.29) is 5.91 Å². The number of anilines is 1. The molecule has 0 spiro atoms. The summed E-state index contributed by atoms with van der Waals surface area (Å²) in [6.45, 7) is 7.04. The van der Waals surface area contributed by atoms with Crippen molar-refractivity contribution in [3.63, 3.8) is 0 Å². The van der Waals surface area contributed by atoms with Crippen molar-refractivity contribution in [3.8, 4) is 6.07 Å². The average molecular weight is 411 g/mol. The first-order chi connectivity index (χ1) is 14.1. The smallest absolute Gasteiger partial charge is 0.234 e. The molecule has 1 aliphatic rings. The second kappa shape index (κ2) is 8.17. The number of thioether (sulfide) groups is 1. The van der Waals surface area contributed by atoms with Crippen molar-refractivity contribution in [2.45, 2.75) is 25.5 Å². The number of oxazole rings is 1. The summed E-state index contributed by atoms with van der Waals surface area (Å²) in [6.07, 6.45) is 0. The van der Waals surface area contributed by atoms with Crippen molar-refractivity contribution in [2.24, 2.45) is 0 Å². The van der Waals surface area contributed by atoms with Gasteiger partial charge in [-0.1, -0.05) is 23.9 Å². The summed E-state index contributed by atoms with van der Waals surface area (Å²) in [5.41, 5.74) is 2.35. The number of benzene rings is 1. The quantitative estimate of drug-likeness (QED) is 0.597. The highest BCUT2D eigenvalue weighted by molar-refractivity contribution is 7.99. The number of carbonyl (C=O) groups excluding carboxylic acids is 1. The maximum atomic E-state index is 12.7. The standard InChI is InChI=1S/C20H22N6O2S/c1-3-26-17-7-5-4-6-15(17)23-20(26)29-13-18(27)24-8-10-25(11-9-24)19-16(12-21)22-14(2)28-19/h4-7H,3,8-11,13H2,1-2H3. The molecular formula is C20H22N6O2S. The van der Waals surface area contributed by atoms with E-state index in [1.54, 1.807) is 6.92 Å². The van der Waals surface area contributed by atoms with Crippen LogP contribution in [-0.4, -0.2) is 57.3 Å². The molecule has 3 aromatic rings. The first-order valence-corrected chi connectivity index (χ1v) is 10.6. The van der Waals surface area contributed by atoms with Crippen molar-refractivity contribution in [1.29, 1.82) is 5.26 Å². The zero-order valence-corrected chi connectivity index (χ0v) is 17.3. The normalized spacial score (nSPS) is 14.4. The van der Waals surface area contributed by atoms with Crippen LogP contribution in [0.15, 0.2) is 33.8 Å². The molecule has 0 saturated carbocycles. The van der Waals surface area contributed by atoms with Crippen LogP contribution in [0.5, 0.6) is 0 Å². The second-order valence-corrected chi connectivity index (χ2v) is 7.72. The molecule has 8 nitrogen and oxygen atoms in total. The average Bonchev–Trinajstić information content (AvgIpc) is 3.31. The molecule has 9 heteroatoms. The van der Waals surface area contributed by atoms with Gasteiger partial charge >= 0.3 is 0 Å². The van der Waals surface area contributed by atoms with Gasteiger partial charge in [0, 0.05) is 39.6 Å². The zero-order valence-electron chi connectivity index (χ0n) is 16.5. The van der Waals surface area contributed by atoms with E-state index in [4.69, 9.17) is 4.42 Å². The summed E-state index contributed by atoms with van der Waals surface area (Å²) in [5, 5.41) is 10.1. The number of para-hydroxylation sites is 2. The number of aryl methyl sites for hydroxylation is 2. The Balaban J connectivity index is 1.37. The lowest BCUT2D eigenvalue weighted by Gasteiger charge is -2.34. The van der Waals surface area contributed by atoms with Gasteiger partial charge in [-0.15, -0.1) is 0 Å². The van der Waals surface area contributed by atoms with Gasteiger partial charge in [0.2, 0.25) is 17.5 Å². The number of amides is 1. The van der Waals surface area contributed by atoms with Crippen LogP contribution in [0.1, 0.15) is 18.5 Å². The third-order valence-corrected chi connectivity index (χ3v) is 5.96. The molecule has 1 aromatic carbocycles. The lowest BCUT2D eigenvalue weighted by atomic mass is 10.3. The molecule has 4 rings (SSSR count). The molecule has 1 saturated heterocycles. The molecule has 1 aliphatic heterocycles. The topological polar surface area (TPSA) is 91.2 Å². The minimum Gasteiger partial charge on any atom is -0.424 e. The molecule has 0 atom stereocenters. The SMILES string of the molecule is CCn1c(SCC(=O)N2CCN(c3oc(C)nc3C#N)CC2)nc2ccccc21. The molecule has 3 heterocycles. The highest BCUT2D eigenvalue weighted by Gasteiger charge is 2.26. The van der Waals surface area contributed by atoms with E-state index in [2.05, 4.69) is 33.6 Å². The number of nitrogens with zero attached hydrogens (tertiary/aromatic N) is 6. The van der Waals surface area contributed by atoms with Crippen molar-refractivity contribution >= 4 is 34.6 Å². The molecule has 29 heavy (non-hydrogen) atoms. The molecule has 1 fully saturated rings. The Kier molecular flexibility index (Phi) is 5.45. The molecule has 0 unspecified atom stereocenters. The summed E-state index contributed by atoms with van der Waals surface area (Å²) in [7, 11) is 0. The van der Waals surface area contributed by atoms with E-state index >= 15 is 0 Å². The van der Waals surface area contributed by atoms with Crippen LogP contribution in [0.2, 0.25) is 0 Å². The van der Waals surface area contributed by atoms with Gasteiger partial charge in [-0.05, 0) is 19.1 Å². The van der Waals surface area contributed by atoms with Crippen molar-refractivity contribution in [2.75, 3.05) is 36.8 Å². The number of rotatable bonds is 5. The Morgan fingerprint density at radius 1 is 1.24 bits per heavy atom. The van der Waals surface area contributed by atoms with Crippen molar-refractivity contribution in [3.05, 3.63) is 35.9 Å². The highest BCUT2D eigenvalue weighted by Crippen LogP contribution is 2.25. The van der Waals surface area contributed by atoms with Gasteiger partial charge < -0.3 is 18.8 Å². The van der Waals surface area contributed by atoms with E-state index < -0.39 is 0 Å². The van der Waals surface area contributed by atoms with Crippen LogP contribution >= 0.6 is 11.8 Å². The number of hydrogen-bond acceptors (Lipinski definition) is 7. The van der Waals surface area contributed by atoms with Crippen LogP contribution < -0.4 is 4.90 Å². The summed E-state index contributed by atoms with van der Waals surface area (Å²) < 4.78 is 7.71. The lowest BCUT2D eigenvalue weighted by Crippen LogP contribution is -2.49. The molecule has 0 aliphatic carbocycles. The van der Waals surface area contributed by atoms with Gasteiger partial charge in [0.15, 0.2) is 11.0 Å². The van der Waals surface area contributed by atoms with Crippen molar-refractivity contribution in [1.82, 2.24) is 19.4 Å². The number of nitriles is 1. The highest BCUT2D eigenvalue weighted by atomic mass is 32.2. The largest absolute Gasteiger partial charge is 0.424 e. The zero-order chi connectivity index (χ0) is 20.4. The van der Waals surface area contributed by atoms with Gasteiger partial charge in [-0.25, -0.2) is 9.97 Å².